The summed E-state index contributed by atoms with van der Waals surface area (Å²) in [4.78, 5) is 12.7. The molecule has 0 aromatic carbocycles. The summed E-state index contributed by atoms with van der Waals surface area (Å²) in [5.41, 5.74) is 2.02. The van der Waals surface area contributed by atoms with Crippen LogP contribution in [0.1, 0.15) is 41.9 Å². The third kappa shape index (κ3) is 1.50. The highest BCUT2D eigenvalue weighted by atomic mass is 16.3. The normalized spacial score (nSPS) is 34.3. The number of rotatable bonds is 0. The molecule has 3 unspecified atom stereocenters. The molecule has 0 fully saturated rings. The minimum atomic E-state index is -0.740. The van der Waals surface area contributed by atoms with Crippen LogP contribution in [0, 0.1) is 12.3 Å². The Morgan fingerprint density at radius 3 is 2.74 bits per heavy atom. The van der Waals surface area contributed by atoms with Crippen molar-refractivity contribution in [1.29, 1.82) is 0 Å². The maximum absolute atomic E-state index is 12.7. The first-order valence-electron chi connectivity index (χ1n) is 6.55. The molecule has 0 radical (unpaired) electrons. The Morgan fingerprint density at radius 2 is 2.05 bits per heavy atom. The van der Waals surface area contributed by atoms with Crippen LogP contribution in [0.4, 0.5) is 0 Å². The van der Waals surface area contributed by atoms with Crippen LogP contribution >= 0.6 is 0 Å². The smallest absolute Gasteiger partial charge is 0.193 e. The number of hydrogen-bond donors (Lipinski definition) is 2. The van der Waals surface area contributed by atoms with Crippen LogP contribution in [-0.2, 0) is 6.42 Å². The van der Waals surface area contributed by atoms with Crippen LogP contribution in [-0.4, -0.2) is 28.2 Å². The van der Waals surface area contributed by atoms with Gasteiger partial charge in [-0.3, -0.25) is 4.79 Å². The van der Waals surface area contributed by atoms with Gasteiger partial charge >= 0.3 is 0 Å². The van der Waals surface area contributed by atoms with Crippen molar-refractivity contribution in [2.24, 2.45) is 5.41 Å². The second-order valence-corrected chi connectivity index (χ2v) is 5.97. The lowest BCUT2D eigenvalue weighted by molar-refractivity contribution is 0.00228. The molecular weight excluding hydrogens is 244 g/mol. The van der Waals surface area contributed by atoms with Gasteiger partial charge in [0.15, 0.2) is 5.78 Å². The predicted molar refractivity (Wildman–Crippen MR) is 68.9 cm³/mol. The molecule has 3 atom stereocenters. The molecule has 0 amide bonds. The summed E-state index contributed by atoms with van der Waals surface area (Å²) < 4.78 is 5.46. The van der Waals surface area contributed by atoms with Gasteiger partial charge in [-0.25, -0.2) is 0 Å². The number of furan rings is 1. The lowest BCUT2D eigenvalue weighted by atomic mass is 9.61. The van der Waals surface area contributed by atoms with Crippen molar-refractivity contribution >= 4 is 5.78 Å². The Bertz CT molecular complexity index is 595. The average Bonchev–Trinajstić information content (AvgIpc) is 2.68. The molecule has 3 rings (SSSR count). The van der Waals surface area contributed by atoms with Gasteiger partial charge in [0.05, 0.1) is 24.0 Å². The SMILES string of the molecule is CC1=C2C(=O)c3c(C)coc3CC2(C)C(O)CC1O. The number of hydrogen-bond acceptors (Lipinski definition) is 4. The summed E-state index contributed by atoms with van der Waals surface area (Å²) in [5.74, 6) is 0.544. The van der Waals surface area contributed by atoms with Crippen LogP contribution in [0.5, 0.6) is 0 Å². The molecule has 1 aromatic heterocycles. The van der Waals surface area contributed by atoms with Gasteiger partial charge < -0.3 is 14.6 Å². The van der Waals surface area contributed by atoms with E-state index in [0.717, 1.165) is 5.56 Å². The molecule has 2 aliphatic carbocycles. The number of fused-ring (bicyclic) bond motifs is 2. The Morgan fingerprint density at radius 1 is 1.37 bits per heavy atom. The fourth-order valence-electron chi connectivity index (χ4n) is 3.47. The van der Waals surface area contributed by atoms with Gasteiger partial charge in [-0.15, -0.1) is 0 Å². The van der Waals surface area contributed by atoms with E-state index in [1.807, 2.05) is 13.8 Å². The van der Waals surface area contributed by atoms with Crippen LogP contribution < -0.4 is 0 Å². The predicted octanol–water partition coefficient (Wildman–Crippen LogP) is 1.78. The fourth-order valence-corrected chi connectivity index (χ4v) is 3.47. The molecule has 102 valence electrons. The number of aliphatic hydroxyl groups excluding tert-OH is 2. The first-order valence-corrected chi connectivity index (χ1v) is 6.55. The fraction of sp³-hybridized carbons (Fsp3) is 0.533. The minimum Gasteiger partial charge on any atom is -0.468 e. The third-order valence-corrected chi connectivity index (χ3v) is 4.68. The van der Waals surface area contributed by atoms with Crippen molar-refractivity contribution in [3.63, 3.8) is 0 Å². The zero-order valence-electron chi connectivity index (χ0n) is 11.4. The number of carbonyl (C=O) groups excluding carboxylic acids is 1. The molecule has 4 nitrogen and oxygen atoms in total. The van der Waals surface area contributed by atoms with Crippen molar-refractivity contribution in [3.8, 4) is 0 Å². The molecule has 0 spiro atoms. The van der Waals surface area contributed by atoms with E-state index in [1.165, 1.54) is 0 Å². The second kappa shape index (κ2) is 3.81. The Labute approximate surface area is 111 Å². The molecule has 2 aliphatic rings. The maximum Gasteiger partial charge on any atom is 0.193 e. The highest BCUT2D eigenvalue weighted by Gasteiger charge is 2.51. The zero-order valence-corrected chi connectivity index (χ0v) is 11.4. The van der Waals surface area contributed by atoms with Crippen molar-refractivity contribution in [1.82, 2.24) is 0 Å². The van der Waals surface area contributed by atoms with E-state index in [-0.39, 0.29) is 12.2 Å². The van der Waals surface area contributed by atoms with Crippen molar-refractivity contribution in [2.45, 2.75) is 45.8 Å². The summed E-state index contributed by atoms with van der Waals surface area (Å²) in [6.45, 7) is 5.50. The van der Waals surface area contributed by atoms with E-state index in [1.54, 1.807) is 13.2 Å². The maximum atomic E-state index is 12.7. The van der Waals surface area contributed by atoms with Gasteiger partial charge in [-0.2, -0.15) is 0 Å². The van der Waals surface area contributed by atoms with Gasteiger partial charge in [0.2, 0.25) is 0 Å². The quantitative estimate of drug-likeness (QED) is 0.747. The topological polar surface area (TPSA) is 70.7 Å². The molecule has 2 N–H and O–H groups in total. The van der Waals surface area contributed by atoms with Gasteiger partial charge in [-0.1, -0.05) is 6.92 Å². The molecule has 0 aliphatic heterocycles. The Balaban J connectivity index is 2.27. The number of Topliss-reactive ketones (excluding diaryl/α,β-unsaturated/α-hetero) is 1. The summed E-state index contributed by atoms with van der Waals surface area (Å²) in [6, 6.07) is 0. The first-order chi connectivity index (χ1) is 8.86. The first kappa shape index (κ1) is 12.6. The number of carbonyl (C=O) groups is 1. The zero-order chi connectivity index (χ0) is 13.9. The van der Waals surface area contributed by atoms with Gasteiger partial charge in [-0.05, 0) is 25.0 Å². The van der Waals surface area contributed by atoms with Crippen LogP contribution in [0.3, 0.4) is 0 Å². The lowest BCUT2D eigenvalue weighted by Crippen LogP contribution is -2.48. The van der Waals surface area contributed by atoms with Crippen LogP contribution in [0.2, 0.25) is 0 Å². The van der Waals surface area contributed by atoms with Crippen LogP contribution in [0.15, 0.2) is 21.8 Å². The number of aryl methyl sites for hydroxylation is 1. The summed E-state index contributed by atoms with van der Waals surface area (Å²) in [5, 5.41) is 20.3. The van der Waals surface area contributed by atoms with E-state index >= 15 is 0 Å². The summed E-state index contributed by atoms with van der Waals surface area (Å²) >= 11 is 0. The van der Waals surface area contributed by atoms with Crippen LogP contribution in [0.25, 0.3) is 0 Å². The van der Waals surface area contributed by atoms with Crippen molar-refractivity contribution in [2.75, 3.05) is 0 Å². The minimum absolute atomic E-state index is 0.106. The Hall–Kier alpha value is -1.39. The average molecular weight is 262 g/mol. The molecular formula is C15H18O4. The van der Waals surface area contributed by atoms with Crippen molar-refractivity contribution in [3.05, 3.63) is 34.3 Å². The van der Waals surface area contributed by atoms with Gasteiger partial charge in [0.1, 0.15) is 5.76 Å². The number of aliphatic hydroxyl groups is 2. The monoisotopic (exact) mass is 262 g/mol. The standard InChI is InChI=1S/C15H18O4/c1-7-6-19-10-5-15(3)11(17)4-9(16)8(2)13(15)14(18)12(7)10/h6,9,11,16-17H,4-5H2,1-3H3. The Kier molecular flexibility index (Phi) is 2.53. The molecule has 0 bridgehead atoms. The molecule has 19 heavy (non-hydrogen) atoms. The molecule has 1 heterocycles. The lowest BCUT2D eigenvalue weighted by Gasteiger charge is -2.44. The van der Waals surface area contributed by atoms with Crippen molar-refractivity contribution < 1.29 is 19.4 Å². The van der Waals surface area contributed by atoms with E-state index in [2.05, 4.69) is 0 Å². The van der Waals surface area contributed by atoms with E-state index in [9.17, 15) is 15.0 Å². The highest BCUT2D eigenvalue weighted by molar-refractivity contribution is 6.13. The largest absolute Gasteiger partial charge is 0.468 e. The molecule has 1 aromatic rings. The molecule has 4 heteroatoms. The molecule has 0 saturated carbocycles. The number of ketones is 1. The third-order valence-electron chi connectivity index (χ3n) is 4.68. The second-order valence-electron chi connectivity index (χ2n) is 5.97. The van der Waals surface area contributed by atoms with E-state index < -0.39 is 17.6 Å². The molecule has 0 saturated heterocycles. The summed E-state index contributed by atoms with van der Waals surface area (Å²) in [6.07, 6.45) is 0.887. The summed E-state index contributed by atoms with van der Waals surface area (Å²) in [7, 11) is 0. The highest BCUT2D eigenvalue weighted by Crippen LogP contribution is 2.49. The van der Waals surface area contributed by atoms with Gasteiger partial charge in [0.25, 0.3) is 0 Å². The van der Waals surface area contributed by atoms with E-state index in [0.29, 0.717) is 28.9 Å². The van der Waals surface area contributed by atoms with Gasteiger partial charge in [0, 0.05) is 23.8 Å². The van der Waals surface area contributed by atoms with E-state index in [4.69, 9.17) is 4.42 Å².